The van der Waals surface area contributed by atoms with Crippen molar-refractivity contribution in [2.45, 2.75) is 19.5 Å². The first-order chi connectivity index (χ1) is 16.5. The summed E-state index contributed by atoms with van der Waals surface area (Å²) in [5.41, 5.74) is 11.6. The van der Waals surface area contributed by atoms with Crippen LogP contribution in [0.1, 0.15) is 21.6 Å². The largest absolute Gasteiger partial charge is 0.397 e. The average molecular weight is 457 g/mol. The molecule has 2 heterocycles. The summed E-state index contributed by atoms with van der Waals surface area (Å²) in [5.74, 6) is -0.693. The van der Waals surface area contributed by atoms with Gasteiger partial charge in [-0.1, -0.05) is 47.7 Å². The minimum absolute atomic E-state index is 0.218. The van der Waals surface area contributed by atoms with Crippen molar-refractivity contribution in [2.24, 2.45) is 0 Å². The highest BCUT2D eigenvalue weighted by molar-refractivity contribution is 6.04. The van der Waals surface area contributed by atoms with Crippen LogP contribution in [0.15, 0.2) is 72.9 Å². The molecular weight excluding hydrogens is 431 g/mol. The highest BCUT2D eigenvalue weighted by atomic mass is 19.1. The summed E-state index contributed by atoms with van der Waals surface area (Å²) in [6.45, 7) is 3.39. The SMILES string of the molecule is Nc1ccc(-c2ccc(F)cc2)cc1NC(=O)c1cn(CCN2CCc3ccccc3C2)nn1. The number of anilines is 2. The van der Waals surface area contributed by atoms with E-state index >= 15 is 0 Å². The van der Waals surface area contributed by atoms with E-state index < -0.39 is 0 Å². The molecule has 0 saturated carbocycles. The number of hydrogen-bond acceptors (Lipinski definition) is 5. The van der Waals surface area contributed by atoms with Gasteiger partial charge in [-0.2, -0.15) is 0 Å². The number of rotatable bonds is 6. The van der Waals surface area contributed by atoms with Crippen molar-refractivity contribution in [1.82, 2.24) is 19.9 Å². The fourth-order valence-electron chi connectivity index (χ4n) is 4.17. The second-order valence-electron chi connectivity index (χ2n) is 8.42. The number of nitrogens with two attached hydrogens (primary N) is 1. The van der Waals surface area contributed by atoms with Gasteiger partial charge in [-0.05, 0) is 52.9 Å². The number of fused-ring (bicyclic) bond motifs is 1. The molecule has 0 spiro atoms. The Morgan fingerprint density at radius 2 is 1.76 bits per heavy atom. The highest BCUT2D eigenvalue weighted by Gasteiger charge is 2.17. The molecule has 34 heavy (non-hydrogen) atoms. The van der Waals surface area contributed by atoms with Gasteiger partial charge in [0.25, 0.3) is 5.91 Å². The third kappa shape index (κ3) is 4.82. The molecule has 0 radical (unpaired) electrons. The van der Waals surface area contributed by atoms with Gasteiger partial charge in [0.1, 0.15) is 5.82 Å². The Morgan fingerprint density at radius 1 is 1.00 bits per heavy atom. The van der Waals surface area contributed by atoms with Gasteiger partial charge in [0.15, 0.2) is 5.69 Å². The average Bonchev–Trinajstić information content (AvgIpc) is 3.34. The summed E-state index contributed by atoms with van der Waals surface area (Å²) in [4.78, 5) is 15.2. The van der Waals surface area contributed by atoms with E-state index in [4.69, 9.17) is 5.73 Å². The van der Waals surface area contributed by atoms with Crippen molar-refractivity contribution in [2.75, 3.05) is 24.1 Å². The molecule has 3 aromatic carbocycles. The summed E-state index contributed by atoms with van der Waals surface area (Å²) in [5, 5.41) is 11.0. The number of halogens is 1. The lowest BCUT2D eigenvalue weighted by Gasteiger charge is -2.28. The highest BCUT2D eigenvalue weighted by Crippen LogP contribution is 2.28. The lowest BCUT2D eigenvalue weighted by Crippen LogP contribution is -2.33. The van der Waals surface area contributed by atoms with Gasteiger partial charge in [0.05, 0.1) is 24.1 Å². The van der Waals surface area contributed by atoms with E-state index in [1.165, 1.54) is 23.3 Å². The zero-order valence-corrected chi connectivity index (χ0v) is 18.6. The molecule has 0 atom stereocenters. The molecule has 1 aliphatic heterocycles. The Hall–Kier alpha value is -4.04. The maximum absolute atomic E-state index is 13.2. The maximum atomic E-state index is 13.2. The topological polar surface area (TPSA) is 89.1 Å². The van der Waals surface area contributed by atoms with Crippen molar-refractivity contribution in [1.29, 1.82) is 0 Å². The molecular formula is C26H25FN6O. The van der Waals surface area contributed by atoms with Crippen LogP contribution in [0.4, 0.5) is 15.8 Å². The van der Waals surface area contributed by atoms with Crippen molar-refractivity contribution >= 4 is 17.3 Å². The Morgan fingerprint density at radius 3 is 2.59 bits per heavy atom. The van der Waals surface area contributed by atoms with Crippen LogP contribution in [-0.4, -0.2) is 38.9 Å². The van der Waals surface area contributed by atoms with Gasteiger partial charge in [-0.3, -0.25) is 14.4 Å². The van der Waals surface area contributed by atoms with Gasteiger partial charge in [-0.15, -0.1) is 5.10 Å². The molecule has 1 aromatic heterocycles. The number of nitrogens with zero attached hydrogens (tertiary/aromatic N) is 4. The lowest BCUT2D eigenvalue weighted by atomic mass is 10.00. The predicted octanol–water partition coefficient (Wildman–Crippen LogP) is 3.98. The monoisotopic (exact) mass is 456 g/mol. The second kappa shape index (κ2) is 9.44. The molecule has 3 N–H and O–H groups in total. The third-order valence-corrected chi connectivity index (χ3v) is 6.11. The Bertz CT molecular complexity index is 1320. The number of nitrogens with one attached hydrogen (secondary N) is 1. The molecule has 8 heteroatoms. The fraction of sp³-hybridized carbons (Fsp3) is 0.192. The van der Waals surface area contributed by atoms with Crippen LogP contribution in [0.25, 0.3) is 11.1 Å². The molecule has 1 aliphatic rings. The van der Waals surface area contributed by atoms with Crippen molar-refractivity contribution < 1.29 is 9.18 Å². The fourth-order valence-corrected chi connectivity index (χ4v) is 4.17. The van der Waals surface area contributed by atoms with E-state index in [1.807, 2.05) is 6.07 Å². The Balaban J connectivity index is 1.21. The van der Waals surface area contributed by atoms with E-state index in [-0.39, 0.29) is 17.4 Å². The summed E-state index contributed by atoms with van der Waals surface area (Å²) >= 11 is 0. The van der Waals surface area contributed by atoms with Gasteiger partial charge in [0, 0.05) is 19.6 Å². The zero-order valence-electron chi connectivity index (χ0n) is 18.6. The van der Waals surface area contributed by atoms with Crippen molar-refractivity contribution in [3.8, 4) is 11.1 Å². The van der Waals surface area contributed by atoms with Crippen molar-refractivity contribution in [3.05, 3.63) is 95.6 Å². The smallest absolute Gasteiger partial charge is 0.277 e. The Labute approximate surface area is 197 Å². The molecule has 4 aromatic rings. The normalized spacial score (nSPS) is 13.4. The number of carbonyl (C=O) groups is 1. The van der Waals surface area contributed by atoms with Crippen LogP contribution in [0.5, 0.6) is 0 Å². The van der Waals surface area contributed by atoms with Crippen LogP contribution in [0, 0.1) is 5.82 Å². The number of carbonyl (C=O) groups excluding carboxylic acids is 1. The van der Waals surface area contributed by atoms with E-state index in [2.05, 4.69) is 44.8 Å². The minimum Gasteiger partial charge on any atom is -0.397 e. The molecule has 0 aliphatic carbocycles. The molecule has 0 saturated heterocycles. The number of aromatic nitrogens is 3. The van der Waals surface area contributed by atoms with Gasteiger partial charge < -0.3 is 11.1 Å². The van der Waals surface area contributed by atoms with Crippen molar-refractivity contribution in [3.63, 3.8) is 0 Å². The van der Waals surface area contributed by atoms with Gasteiger partial charge >= 0.3 is 0 Å². The van der Waals surface area contributed by atoms with Crippen LogP contribution in [0.3, 0.4) is 0 Å². The lowest BCUT2D eigenvalue weighted by molar-refractivity contribution is 0.102. The predicted molar refractivity (Wildman–Crippen MR) is 130 cm³/mol. The minimum atomic E-state index is -0.388. The molecule has 0 fully saturated rings. The van der Waals surface area contributed by atoms with Crippen LogP contribution < -0.4 is 11.1 Å². The molecule has 172 valence electrons. The zero-order chi connectivity index (χ0) is 23.5. The van der Waals surface area contributed by atoms with E-state index in [9.17, 15) is 9.18 Å². The summed E-state index contributed by atoms with van der Waals surface area (Å²) in [7, 11) is 0. The van der Waals surface area contributed by atoms with E-state index in [0.717, 1.165) is 37.2 Å². The van der Waals surface area contributed by atoms with Crippen LogP contribution in [0.2, 0.25) is 0 Å². The van der Waals surface area contributed by atoms with Gasteiger partial charge in [0.2, 0.25) is 0 Å². The number of benzene rings is 3. The first kappa shape index (κ1) is 21.8. The quantitative estimate of drug-likeness (QED) is 0.429. The molecule has 1 amide bonds. The molecule has 5 rings (SSSR count). The van der Waals surface area contributed by atoms with E-state index in [0.29, 0.717) is 17.9 Å². The maximum Gasteiger partial charge on any atom is 0.277 e. The number of hydrogen-bond donors (Lipinski definition) is 2. The first-order valence-electron chi connectivity index (χ1n) is 11.2. The first-order valence-corrected chi connectivity index (χ1v) is 11.2. The Kier molecular flexibility index (Phi) is 6.05. The van der Waals surface area contributed by atoms with Gasteiger partial charge in [-0.25, -0.2) is 4.39 Å². The standard InChI is InChI=1S/C26H25FN6O/c27-22-8-5-19(6-9-22)20-7-10-23(28)24(15-20)29-26(34)25-17-33(31-30-25)14-13-32-12-11-18-3-1-2-4-21(18)16-32/h1-10,15,17H,11-14,16,28H2,(H,29,34). The molecule has 0 bridgehead atoms. The molecule has 7 nitrogen and oxygen atoms in total. The van der Waals surface area contributed by atoms with E-state index in [1.54, 1.807) is 35.1 Å². The second-order valence-corrected chi connectivity index (χ2v) is 8.42. The third-order valence-electron chi connectivity index (χ3n) is 6.11. The summed E-state index contributed by atoms with van der Waals surface area (Å²) in [6.07, 6.45) is 2.69. The number of amides is 1. The van der Waals surface area contributed by atoms with Crippen LogP contribution >= 0.6 is 0 Å². The number of nitrogen functional groups attached to an aromatic ring is 1. The molecule has 0 unspecified atom stereocenters. The summed E-state index contributed by atoms with van der Waals surface area (Å²) < 4.78 is 14.9. The van der Waals surface area contributed by atoms with Crippen LogP contribution in [-0.2, 0) is 19.5 Å². The summed E-state index contributed by atoms with van der Waals surface area (Å²) in [6, 6.07) is 20.0.